The number of carbonyl (C=O) groups excluding carboxylic acids is 1. The van der Waals surface area contributed by atoms with E-state index in [1.54, 1.807) is 13.3 Å². The molecule has 0 aliphatic rings. The smallest absolute Gasteiger partial charge is 0.306 e. The third-order valence-electron chi connectivity index (χ3n) is 2.07. The second-order valence-corrected chi connectivity index (χ2v) is 3.21. The lowest BCUT2D eigenvalue weighted by Crippen LogP contribution is -2.18. The van der Waals surface area contributed by atoms with E-state index < -0.39 is 0 Å². The normalized spacial score (nSPS) is 9.88. The van der Waals surface area contributed by atoms with Crippen LogP contribution < -0.4 is 10.1 Å². The molecular weight excluding hydrogens is 208 g/mol. The van der Waals surface area contributed by atoms with E-state index in [2.05, 4.69) is 15.0 Å². The third kappa shape index (κ3) is 4.27. The van der Waals surface area contributed by atoms with E-state index in [9.17, 15) is 4.79 Å². The third-order valence-corrected chi connectivity index (χ3v) is 2.07. The number of rotatable bonds is 6. The van der Waals surface area contributed by atoms with Crippen LogP contribution in [-0.2, 0) is 16.1 Å². The number of pyridine rings is 1. The maximum Gasteiger partial charge on any atom is 0.306 e. The summed E-state index contributed by atoms with van der Waals surface area (Å²) in [5.41, 5.74) is 1.07. The van der Waals surface area contributed by atoms with E-state index in [1.165, 1.54) is 7.11 Å². The minimum Gasteiger partial charge on any atom is -0.481 e. The fourth-order valence-electron chi connectivity index (χ4n) is 1.20. The molecule has 88 valence electrons. The highest BCUT2D eigenvalue weighted by Crippen LogP contribution is 2.07. The lowest BCUT2D eigenvalue weighted by atomic mass is 10.2. The van der Waals surface area contributed by atoms with Gasteiger partial charge in [-0.25, -0.2) is 4.98 Å². The summed E-state index contributed by atoms with van der Waals surface area (Å²) < 4.78 is 9.53. The number of methoxy groups -OCH3 is 2. The Kier molecular flexibility index (Phi) is 5.28. The summed E-state index contributed by atoms with van der Waals surface area (Å²) in [5, 5.41) is 3.13. The van der Waals surface area contributed by atoms with Gasteiger partial charge in [0, 0.05) is 25.4 Å². The lowest BCUT2D eigenvalue weighted by molar-refractivity contribution is -0.140. The number of ether oxygens (including phenoxy) is 2. The number of nitrogens with one attached hydrogen (secondary N) is 1. The van der Waals surface area contributed by atoms with E-state index in [-0.39, 0.29) is 5.97 Å². The molecule has 0 aliphatic heterocycles. The number of esters is 1. The maximum atomic E-state index is 10.8. The molecule has 0 aliphatic carbocycles. The van der Waals surface area contributed by atoms with E-state index in [1.807, 2.05) is 12.1 Å². The monoisotopic (exact) mass is 224 g/mol. The Morgan fingerprint density at radius 2 is 2.31 bits per heavy atom. The Labute approximate surface area is 94.8 Å². The van der Waals surface area contributed by atoms with Gasteiger partial charge in [0.2, 0.25) is 5.88 Å². The minimum absolute atomic E-state index is 0.209. The molecule has 1 heterocycles. The molecule has 5 nitrogen and oxygen atoms in total. The predicted molar refractivity (Wildman–Crippen MR) is 59.1 cm³/mol. The predicted octanol–water partition coefficient (Wildman–Crippen LogP) is 0.743. The number of hydrogen-bond donors (Lipinski definition) is 1. The van der Waals surface area contributed by atoms with Crippen molar-refractivity contribution in [3.63, 3.8) is 0 Å². The van der Waals surface area contributed by atoms with Gasteiger partial charge in [0.05, 0.1) is 20.6 Å². The molecule has 0 aromatic carbocycles. The molecule has 0 saturated carbocycles. The first-order valence-electron chi connectivity index (χ1n) is 5.02. The van der Waals surface area contributed by atoms with Gasteiger partial charge in [0.25, 0.3) is 0 Å². The van der Waals surface area contributed by atoms with Crippen molar-refractivity contribution in [1.82, 2.24) is 10.3 Å². The zero-order valence-electron chi connectivity index (χ0n) is 9.53. The fraction of sp³-hybridized carbons (Fsp3) is 0.455. The van der Waals surface area contributed by atoms with Crippen molar-refractivity contribution >= 4 is 5.97 Å². The number of aromatic nitrogens is 1. The number of nitrogens with zero attached hydrogens (tertiary/aromatic N) is 1. The highest BCUT2D eigenvalue weighted by Gasteiger charge is 2.00. The topological polar surface area (TPSA) is 60.5 Å². The van der Waals surface area contributed by atoms with Crippen LogP contribution >= 0.6 is 0 Å². The molecule has 0 spiro atoms. The lowest BCUT2D eigenvalue weighted by Gasteiger charge is -2.05. The summed E-state index contributed by atoms with van der Waals surface area (Å²) in [5.74, 6) is 0.382. The van der Waals surface area contributed by atoms with Crippen LogP contribution in [0, 0.1) is 0 Å². The molecule has 1 N–H and O–H groups in total. The maximum absolute atomic E-state index is 10.8. The highest BCUT2D eigenvalue weighted by atomic mass is 16.5. The quantitative estimate of drug-likeness (QED) is 0.570. The van der Waals surface area contributed by atoms with Crippen LogP contribution in [-0.4, -0.2) is 31.7 Å². The number of hydrogen-bond acceptors (Lipinski definition) is 5. The molecule has 1 rings (SSSR count). The van der Waals surface area contributed by atoms with Gasteiger partial charge in [0.15, 0.2) is 0 Å². The van der Waals surface area contributed by atoms with Crippen LogP contribution in [0.25, 0.3) is 0 Å². The zero-order valence-corrected chi connectivity index (χ0v) is 9.53. The first-order chi connectivity index (χ1) is 7.76. The van der Waals surface area contributed by atoms with Crippen LogP contribution in [0.1, 0.15) is 12.0 Å². The number of carbonyl (C=O) groups is 1. The minimum atomic E-state index is -0.209. The van der Waals surface area contributed by atoms with Gasteiger partial charge < -0.3 is 14.8 Å². The molecular formula is C11H16N2O3. The molecule has 0 saturated heterocycles. The molecule has 16 heavy (non-hydrogen) atoms. The van der Waals surface area contributed by atoms with Gasteiger partial charge in [-0.15, -0.1) is 0 Å². The summed E-state index contributed by atoms with van der Waals surface area (Å²) in [7, 11) is 2.97. The van der Waals surface area contributed by atoms with Crippen molar-refractivity contribution in [2.75, 3.05) is 20.8 Å². The molecule has 0 radical (unpaired) electrons. The molecule has 5 heteroatoms. The van der Waals surface area contributed by atoms with Crippen LogP contribution in [0.3, 0.4) is 0 Å². The molecule has 1 aromatic rings. The Balaban J connectivity index is 2.28. The summed E-state index contributed by atoms with van der Waals surface area (Å²) in [6.07, 6.45) is 2.06. The van der Waals surface area contributed by atoms with Crippen molar-refractivity contribution < 1.29 is 14.3 Å². The second kappa shape index (κ2) is 6.79. The molecule has 0 amide bonds. The Bertz CT molecular complexity index is 342. The SMILES string of the molecule is COC(=O)CCNCc1ccnc(OC)c1. The van der Waals surface area contributed by atoms with Crippen molar-refractivity contribution in [2.45, 2.75) is 13.0 Å². The Morgan fingerprint density at radius 3 is 3.00 bits per heavy atom. The van der Waals surface area contributed by atoms with Crippen LogP contribution in [0.4, 0.5) is 0 Å². The average molecular weight is 224 g/mol. The zero-order chi connectivity index (χ0) is 11.8. The largest absolute Gasteiger partial charge is 0.481 e. The Morgan fingerprint density at radius 1 is 1.50 bits per heavy atom. The summed E-state index contributed by atoms with van der Waals surface area (Å²) in [4.78, 5) is 14.8. The van der Waals surface area contributed by atoms with E-state index in [0.29, 0.717) is 25.4 Å². The van der Waals surface area contributed by atoms with E-state index in [4.69, 9.17) is 4.74 Å². The molecule has 1 aromatic heterocycles. The Hall–Kier alpha value is -1.62. The van der Waals surface area contributed by atoms with Gasteiger partial charge in [-0.1, -0.05) is 0 Å². The van der Waals surface area contributed by atoms with Crippen LogP contribution in [0.5, 0.6) is 5.88 Å². The van der Waals surface area contributed by atoms with E-state index in [0.717, 1.165) is 5.56 Å². The van der Waals surface area contributed by atoms with Crippen LogP contribution in [0.15, 0.2) is 18.3 Å². The van der Waals surface area contributed by atoms with Gasteiger partial charge in [-0.2, -0.15) is 0 Å². The highest BCUT2D eigenvalue weighted by molar-refractivity contribution is 5.69. The molecule has 0 bridgehead atoms. The van der Waals surface area contributed by atoms with Gasteiger partial charge in [-0.05, 0) is 11.6 Å². The standard InChI is InChI=1S/C11H16N2O3/c1-15-10-7-9(3-6-13-10)8-12-5-4-11(14)16-2/h3,6-7,12H,4-5,8H2,1-2H3. The van der Waals surface area contributed by atoms with Crippen molar-refractivity contribution in [3.05, 3.63) is 23.9 Å². The van der Waals surface area contributed by atoms with Crippen molar-refractivity contribution in [3.8, 4) is 5.88 Å². The van der Waals surface area contributed by atoms with Gasteiger partial charge in [0.1, 0.15) is 0 Å². The summed E-state index contributed by atoms with van der Waals surface area (Å²) >= 11 is 0. The second-order valence-electron chi connectivity index (χ2n) is 3.21. The van der Waals surface area contributed by atoms with E-state index >= 15 is 0 Å². The van der Waals surface area contributed by atoms with Gasteiger partial charge in [-0.3, -0.25) is 4.79 Å². The molecule has 0 fully saturated rings. The van der Waals surface area contributed by atoms with Crippen molar-refractivity contribution in [2.24, 2.45) is 0 Å². The first kappa shape index (κ1) is 12.4. The van der Waals surface area contributed by atoms with Crippen LogP contribution in [0.2, 0.25) is 0 Å². The molecule has 0 unspecified atom stereocenters. The first-order valence-corrected chi connectivity index (χ1v) is 5.02. The summed E-state index contributed by atoms with van der Waals surface area (Å²) in [6, 6.07) is 3.75. The fourth-order valence-corrected chi connectivity index (χ4v) is 1.20. The summed E-state index contributed by atoms with van der Waals surface area (Å²) in [6.45, 7) is 1.27. The average Bonchev–Trinajstić information content (AvgIpc) is 2.34. The molecule has 0 atom stereocenters. The van der Waals surface area contributed by atoms with Crippen molar-refractivity contribution in [1.29, 1.82) is 0 Å². The van der Waals surface area contributed by atoms with Gasteiger partial charge >= 0.3 is 5.97 Å².